The highest BCUT2D eigenvalue weighted by Crippen LogP contribution is 2.33. The van der Waals surface area contributed by atoms with E-state index in [-0.39, 0.29) is 49.6 Å². The molecule has 0 bridgehead atoms. The molecule has 1 amide bonds. The van der Waals surface area contributed by atoms with E-state index in [1.807, 2.05) is 13.8 Å². The highest BCUT2D eigenvalue weighted by Gasteiger charge is 2.39. The fraction of sp³-hybridized carbons (Fsp3) is 0.567. The van der Waals surface area contributed by atoms with Crippen LogP contribution in [0.15, 0.2) is 29.0 Å². The zero-order valence-electron chi connectivity index (χ0n) is 25.8. The number of halogens is 4. The molecule has 0 aliphatic carbocycles. The summed E-state index contributed by atoms with van der Waals surface area (Å²) in [7, 11) is 0. The van der Waals surface area contributed by atoms with Gasteiger partial charge in [-0.25, -0.2) is 32.3 Å². The zero-order chi connectivity index (χ0) is 32.5. The van der Waals surface area contributed by atoms with Gasteiger partial charge in [0, 0.05) is 43.5 Å². The Kier molecular flexibility index (Phi) is 9.35. The summed E-state index contributed by atoms with van der Waals surface area (Å²) in [6, 6.07) is 0.869. The summed E-state index contributed by atoms with van der Waals surface area (Å²) in [6.07, 6.45) is 1.49. The molecule has 4 heterocycles. The molecule has 2 fully saturated rings. The molecule has 1 N–H and O–H groups in total. The number of amides is 1. The van der Waals surface area contributed by atoms with Crippen molar-refractivity contribution in [3.63, 3.8) is 0 Å². The van der Waals surface area contributed by atoms with Crippen LogP contribution < -0.4 is 19.9 Å². The molecule has 1 aromatic carbocycles. The first-order valence-electron chi connectivity index (χ1n) is 14.8. The molecule has 11 nitrogen and oxygen atoms in total. The third kappa shape index (κ3) is 7.74. The van der Waals surface area contributed by atoms with Crippen molar-refractivity contribution >= 4 is 18.1 Å². The first-order chi connectivity index (χ1) is 21.3. The number of carbonyl (C=O) groups is 1. The van der Waals surface area contributed by atoms with E-state index >= 15 is 4.39 Å². The van der Waals surface area contributed by atoms with Crippen LogP contribution in [-0.2, 0) is 4.74 Å². The van der Waals surface area contributed by atoms with Crippen molar-refractivity contribution in [2.24, 2.45) is 5.92 Å². The summed E-state index contributed by atoms with van der Waals surface area (Å²) in [5.74, 6) is -3.30. The van der Waals surface area contributed by atoms with E-state index in [9.17, 15) is 18.0 Å². The molecule has 2 saturated heterocycles. The predicted molar refractivity (Wildman–Crippen MR) is 156 cm³/mol. The van der Waals surface area contributed by atoms with Crippen molar-refractivity contribution in [3.8, 4) is 5.75 Å². The van der Waals surface area contributed by atoms with Gasteiger partial charge in [-0.1, -0.05) is 19.0 Å². The fourth-order valence-corrected chi connectivity index (χ4v) is 5.36. The average molecular weight is 636 g/mol. The molecule has 45 heavy (non-hydrogen) atoms. The van der Waals surface area contributed by atoms with Crippen molar-refractivity contribution in [3.05, 3.63) is 53.4 Å². The topological polar surface area (TPSA) is 119 Å². The minimum atomic E-state index is -1.31. The van der Waals surface area contributed by atoms with Crippen LogP contribution in [0.5, 0.6) is 5.75 Å². The Morgan fingerprint density at radius 2 is 1.78 bits per heavy atom. The van der Waals surface area contributed by atoms with Crippen LogP contribution >= 0.6 is 0 Å². The predicted octanol–water partition coefficient (Wildman–Crippen LogP) is 5.14. The third-order valence-corrected chi connectivity index (χ3v) is 7.72. The quantitative estimate of drug-likeness (QED) is 0.263. The monoisotopic (exact) mass is 635 g/mol. The Morgan fingerprint density at radius 3 is 2.42 bits per heavy atom. The lowest BCUT2D eigenvalue weighted by atomic mass is 9.93. The summed E-state index contributed by atoms with van der Waals surface area (Å²) in [5, 5.41) is 6.66. The highest BCUT2D eigenvalue weighted by molar-refractivity contribution is 5.68. The van der Waals surface area contributed by atoms with E-state index in [2.05, 4.69) is 25.4 Å². The second-order valence-corrected chi connectivity index (χ2v) is 12.7. The highest BCUT2D eigenvalue weighted by atomic mass is 19.2. The second-order valence-electron chi connectivity index (χ2n) is 12.7. The largest absolute Gasteiger partial charge is 0.490 e. The Labute approximate surface area is 258 Å². The van der Waals surface area contributed by atoms with E-state index < -0.39 is 47.3 Å². The molecule has 2 aliphatic rings. The minimum absolute atomic E-state index is 0.0938. The maximum absolute atomic E-state index is 15.0. The number of alkyl halides is 1. The number of aromatic nitrogens is 4. The maximum atomic E-state index is 15.0. The molecular weight excluding hydrogens is 598 g/mol. The molecule has 0 spiro atoms. The fourth-order valence-electron chi connectivity index (χ4n) is 5.36. The molecule has 4 atom stereocenters. The second kappa shape index (κ2) is 13.1. The van der Waals surface area contributed by atoms with Crippen molar-refractivity contribution in [1.82, 2.24) is 25.4 Å². The van der Waals surface area contributed by atoms with Crippen LogP contribution in [0.3, 0.4) is 0 Å². The Bertz CT molecular complexity index is 1480. The number of anilines is 2. The number of ether oxygens (including phenoxy) is 2. The summed E-state index contributed by atoms with van der Waals surface area (Å²) in [5.41, 5.74) is -0.877. The van der Waals surface area contributed by atoms with Gasteiger partial charge in [0.2, 0.25) is 5.95 Å². The molecule has 0 saturated carbocycles. The minimum Gasteiger partial charge on any atom is -0.490 e. The van der Waals surface area contributed by atoms with Gasteiger partial charge < -0.3 is 29.1 Å². The number of nitrogens with zero attached hydrogens (tertiary/aromatic N) is 6. The van der Waals surface area contributed by atoms with E-state index in [4.69, 9.17) is 14.0 Å². The van der Waals surface area contributed by atoms with E-state index in [0.29, 0.717) is 36.6 Å². The van der Waals surface area contributed by atoms with Crippen LogP contribution in [0.1, 0.15) is 64.3 Å². The van der Waals surface area contributed by atoms with Gasteiger partial charge in [0.05, 0.1) is 31.6 Å². The number of hydrogen-bond donors (Lipinski definition) is 1. The zero-order valence-corrected chi connectivity index (χ0v) is 25.8. The van der Waals surface area contributed by atoms with E-state index in [0.717, 1.165) is 6.07 Å². The Hall–Kier alpha value is -4.17. The number of nitrogens with one attached hydrogen (secondary N) is 1. The summed E-state index contributed by atoms with van der Waals surface area (Å²) in [6.45, 7) is 10.0. The first kappa shape index (κ1) is 32.2. The Balaban J connectivity index is 1.21. The number of rotatable bonds is 8. The van der Waals surface area contributed by atoms with Crippen LogP contribution in [0.2, 0.25) is 0 Å². The number of benzene rings is 1. The van der Waals surface area contributed by atoms with Crippen LogP contribution in [-0.4, -0.2) is 76.8 Å². The maximum Gasteiger partial charge on any atom is 0.407 e. The molecule has 4 unspecified atom stereocenters. The number of piperidine rings is 1. The van der Waals surface area contributed by atoms with Crippen LogP contribution in [0.4, 0.5) is 34.3 Å². The molecule has 2 aromatic heterocycles. The van der Waals surface area contributed by atoms with Crippen molar-refractivity contribution in [1.29, 1.82) is 0 Å². The van der Waals surface area contributed by atoms with Gasteiger partial charge in [0.25, 0.3) is 0 Å². The van der Waals surface area contributed by atoms with E-state index in [1.54, 1.807) is 30.6 Å². The molecule has 3 aromatic rings. The van der Waals surface area contributed by atoms with Crippen molar-refractivity contribution in [2.45, 2.75) is 70.7 Å². The smallest absolute Gasteiger partial charge is 0.407 e. The van der Waals surface area contributed by atoms with Gasteiger partial charge in [-0.2, -0.15) is 4.98 Å². The number of hydrogen-bond acceptors (Lipinski definition) is 10. The number of alkyl carbamates (subject to hydrolysis) is 1. The lowest BCUT2D eigenvalue weighted by Crippen LogP contribution is -2.44. The lowest BCUT2D eigenvalue weighted by molar-refractivity contribution is 0.0504. The van der Waals surface area contributed by atoms with E-state index in [1.165, 1.54) is 12.4 Å². The molecule has 5 rings (SSSR count). The van der Waals surface area contributed by atoms with Crippen LogP contribution in [0, 0.1) is 23.4 Å². The SMILES string of the molecule is CC(C)c1noc(N2CCC(COc3cnc(N4CC(NC(=O)OC(C)(C)C)C(c5cc(F)c(F)cc5F)C4)nc3)C(F)C2)n1. The van der Waals surface area contributed by atoms with Crippen LogP contribution in [0.25, 0.3) is 0 Å². The van der Waals surface area contributed by atoms with Gasteiger partial charge in [-0.3, -0.25) is 0 Å². The van der Waals surface area contributed by atoms with Gasteiger partial charge in [0.1, 0.15) is 17.6 Å². The molecule has 15 heteroatoms. The molecular formula is C30H37F4N7O4. The van der Waals surface area contributed by atoms with Gasteiger partial charge in [-0.05, 0) is 38.8 Å². The van der Waals surface area contributed by atoms with Crippen molar-refractivity contribution in [2.75, 3.05) is 42.6 Å². The standard InChI is InChI=1S/C30H37F4N7O4/c1-16(2)26-38-28(45-39-26)40-7-6-17(24(34)13-40)15-43-18-10-35-27(36-11-18)41-12-20(19-8-22(32)23(33)9-21(19)31)25(14-41)37-29(42)44-30(3,4)5/h8-11,16-17,20,24-25H,6-7,12-15H2,1-5H3,(H,37,42). The normalized spacial score (nSPS) is 22.2. The number of carbonyl (C=O) groups excluding carboxylic acids is 1. The molecule has 244 valence electrons. The van der Waals surface area contributed by atoms with Crippen molar-refractivity contribution < 1.29 is 36.4 Å². The molecule has 2 aliphatic heterocycles. The van der Waals surface area contributed by atoms with Gasteiger partial charge >= 0.3 is 12.1 Å². The van der Waals surface area contributed by atoms with Gasteiger partial charge in [0.15, 0.2) is 23.2 Å². The summed E-state index contributed by atoms with van der Waals surface area (Å²) in [4.78, 5) is 29.0. The first-order valence-corrected chi connectivity index (χ1v) is 14.8. The summed E-state index contributed by atoms with van der Waals surface area (Å²) < 4.78 is 74.0. The summed E-state index contributed by atoms with van der Waals surface area (Å²) >= 11 is 0. The average Bonchev–Trinajstić information content (AvgIpc) is 3.62. The third-order valence-electron chi connectivity index (χ3n) is 7.72. The van der Waals surface area contributed by atoms with Gasteiger partial charge in [-0.15, -0.1) is 0 Å². The lowest BCUT2D eigenvalue weighted by Gasteiger charge is -2.33. The molecule has 0 radical (unpaired) electrons. The Morgan fingerprint density at radius 1 is 1.07 bits per heavy atom.